The van der Waals surface area contributed by atoms with Gasteiger partial charge < -0.3 is 4.74 Å². The molecular formula is C16H18BrNO3S. The minimum absolute atomic E-state index is 0.0409. The van der Waals surface area contributed by atoms with Gasteiger partial charge in [-0.25, -0.2) is 13.1 Å². The van der Waals surface area contributed by atoms with E-state index in [0.29, 0.717) is 0 Å². The Morgan fingerprint density at radius 3 is 2.23 bits per heavy atom. The lowest BCUT2D eigenvalue weighted by Gasteiger charge is -2.15. The molecule has 0 aliphatic rings. The van der Waals surface area contributed by atoms with Crippen molar-refractivity contribution in [3.05, 3.63) is 64.1 Å². The molecular weight excluding hydrogens is 366 g/mol. The normalized spacial score (nSPS) is 12.9. The molecule has 2 aromatic rings. The predicted molar refractivity (Wildman–Crippen MR) is 91.3 cm³/mol. The molecule has 4 nitrogen and oxygen atoms in total. The van der Waals surface area contributed by atoms with Crippen molar-refractivity contribution in [2.24, 2.45) is 0 Å². The minimum atomic E-state index is -3.41. The Balaban J connectivity index is 2.05. The van der Waals surface area contributed by atoms with Crippen molar-refractivity contribution in [3.63, 3.8) is 0 Å². The monoisotopic (exact) mass is 383 g/mol. The molecule has 1 N–H and O–H groups in total. The first-order chi connectivity index (χ1) is 10.4. The molecule has 0 aromatic heterocycles. The van der Waals surface area contributed by atoms with Crippen molar-refractivity contribution in [2.45, 2.75) is 18.7 Å². The van der Waals surface area contributed by atoms with Crippen LogP contribution in [0, 0.1) is 0 Å². The molecule has 0 bridgehead atoms. The molecule has 0 spiro atoms. The zero-order chi connectivity index (χ0) is 16.2. The molecule has 0 aliphatic carbocycles. The van der Waals surface area contributed by atoms with E-state index >= 15 is 0 Å². The Morgan fingerprint density at radius 2 is 1.68 bits per heavy atom. The SMILES string of the molecule is COc1ccc(C(C)NS(=O)(=O)Cc2ccc(Br)cc2)cc1. The number of nitrogens with one attached hydrogen (secondary N) is 1. The molecule has 2 aromatic carbocycles. The molecule has 0 fully saturated rings. The summed E-state index contributed by atoms with van der Waals surface area (Å²) in [5, 5.41) is 0. The smallest absolute Gasteiger partial charge is 0.216 e. The second kappa shape index (κ2) is 7.26. The van der Waals surface area contributed by atoms with Gasteiger partial charge in [-0.1, -0.05) is 40.2 Å². The molecule has 0 heterocycles. The molecule has 6 heteroatoms. The number of halogens is 1. The van der Waals surface area contributed by atoms with Crippen molar-refractivity contribution >= 4 is 26.0 Å². The van der Waals surface area contributed by atoms with E-state index in [-0.39, 0.29) is 11.8 Å². The van der Waals surface area contributed by atoms with Crippen molar-refractivity contribution in [3.8, 4) is 5.75 Å². The molecule has 118 valence electrons. The van der Waals surface area contributed by atoms with Crippen molar-refractivity contribution in [1.29, 1.82) is 0 Å². The number of sulfonamides is 1. The highest BCUT2D eigenvalue weighted by molar-refractivity contribution is 9.10. The summed E-state index contributed by atoms with van der Waals surface area (Å²) in [6, 6.07) is 14.3. The van der Waals surface area contributed by atoms with Crippen LogP contribution >= 0.6 is 15.9 Å². The van der Waals surface area contributed by atoms with Crippen molar-refractivity contribution in [1.82, 2.24) is 4.72 Å². The Hall–Kier alpha value is -1.37. The Labute approximate surface area is 139 Å². The maximum atomic E-state index is 12.2. The third-order valence-electron chi connectivity index (χ3n) is 3.24. The number of hydrogen-bond donors (Lipinski definition) is 1. The maximum Gasteiger partial charge on any atom is 0.216 e. The summed E-state index contributed by atoms with van der Waals surface area (Å²) in [4.78, 5) is 0. The van der Waals surface area contributed by atoms with Crippen LogP contribution in [-0.2, 0) is 15.8 Å². The number of rotatable bonds is 6. The van der Waals surface area contributed by atoms with Crippen LogP contribution in [0.1, 0.15) is 24.1 Å². The van der Waals surface area contributed by atoms with Crippen LogP contribution in [0.15, 0.2) is 53.0 Å². The van der Waals surface area contributed by atoms with E-state index in [9.17, 15) is 8.42 Å². The zero-order valence-electron chi connectivity index (χ0n) is 12.4. The molecule has 0 amide bonds. The van der Waals surface area contributed by atoms with Crippen LogP contribution in [0.4, 0.5) is 0 Å². The Bertz CT molecular complexity index is 712. The van der Waals surface area contributed by atoms with E-state index < -0.39 is 10.0 Å². The Kier molecular flexibility index (Phi) is 5.61. The van der Waals surface area contributed by atoms with Gasteiger partial charge in [0.05, 0.1) is 12.9 Å². The van der Waals surface area contributed by atoms with Gasteiger partial charge in [-0.05, 0) is 42.3 Å². The molecule has 0 saturated carbocycles. The van der Waals surface area contributed by atoms with Gasteiger partial charge in [0.15, 0.2) is 0 Å². The van der Waals surface area contributed by atoms with E-state index in [4.69, 9.17) is 4.74 Å². The van der Waals surface area contributed by atoms with Crippen molar-refractivity contribution < 1.29 is 13.2 Å². The van der Waals surface area contributed by atoms with Gasteiger partial charge in [0.25, 0.3) is 0 Å². The fraction of sp³-hybridized carbons (Fsp3) is 0.250. The topological polar surface area (TPSA) is 55.4 Å². The lowest BCUT2D eigenvalue weighted by atomic mass is 10.1. The Morgan fingerprint density at radius 1 is 1.09 bits per heavy atom. The second-order valence-corrected chi connectivity index (χ2v) is 7.67. The first kappa shape index (κ1) is 17.0. The van der Waals surface area contributed by atoms with E-state index in [2.05, 4.69) is 20.7 Å². The number of ether oxygens (including phenoxy) is 1. The van der Waals surface area contributed by atoms with E-state index in [1.165, 1.54) is 0 Å². The molecule has 22 heavy (non-hydrogen) atoms. The maximum absolute atomic E-state index is 12.2. The molecule has 0 saturated heterocycles. The fourth-order valence-electron chi connectivity index (χ4n) is 2.07. The average molecular weight is 384 g/mol. The van der Waals surface area contributed by atoms with Crippen LogP contribution in [0.25, 0.3) is 0 Å². The highest BCUT2D eigenvalue weighted by Gasteiger charge is 2.16. The van der Waals surface area contributed by atoms with Gasteiger partial charge >= 0.3 is 0 Å². The van der Waals surface area contributed by atoms with Crippen LogP contribution < -0.4 is 9.46 Å². The zero-order valence-corrected chi connectivity index (χ0v) is 14.8. The van der Waals surface area contributed by atoms with E-state index in [1.807, 2.05) is 43.3 Å². The fourth-order valence-corrected chi connectivity index (χ4v) is 3.73. The predicted octanol–water partition coefficient (Wildman–Crippen LogP) is 3.64. The second-order valence-electron chi connectivity index (χ2n) is 5.00. The van der Waals surface area contributed by atoms with Gasteiger partial charge in [-0.3, -0.25) is 0 Å². The van der Waals surface area contributed by atoms with Gasteiger partial charge in [0.1, 0.15) is 5.75 Å². The quantitative estimate of drug-likeness (QED) is 0.828. The van der Waals surface area contributed by atoms with Crippen LogP contribution in [0.3, 0.4) is 0 Å². The highest BCUT2D eigenvalue weighted by Crippen LogP contribution is 2.19. The van der Waals surface area contributed by atoms with Crippen molar-refractivity contribution in [2.75, 3.05) is 7.11 Å². The average Bonchev–Trinajstić information content (AvgIpc) is 2.49. The molecule has 0 aliphatic heterocycles. The lowest BCUT2D eigenvalue weighted by molar-refractivity contribution is 0.414. The van der Waals surface area contributed by atoms with Crippen LogP contribution in [0.2, 0.25) is 0 Å². The summed E-state index contributed by atoms with van der Waals surface area (Å²) in [5.41, 5.74) is 1.64. The van der Waals surface area contributed by atoms with E-state index in [0.717, 1.165) is 21.3 Å². The lowest BCUT2D eigenvalue weighted by Crippen LogP contribution is -2.28. The number of methoxy groups -OCH3 is 1. The number of benzene rings is 2. The number of hydrogen-bond acceptors (Lipinski definition) is 3. The first-order valence-electron chi connectivity index (χ1n) is 6.78. The summed E-state index contributed by atoms with van der Waals surface area (Å²) < 4.78 is 33.2. The minimum Gasteiger partial charge on any atom is -0.497 e. The van der Waals surface area contributed by atoms with Crippen LogP contribution in [-0.4, -0.2) is 15.5 Å². The van der Waals surface area contributed by atoms with Crippen LogP contribution in [0.5, 0.6) is 5.75 Å². The van der Waals surface area contributed by atoms with Gasteiger partial charge in [-0.15, -0.1) is 0 Å². The molecule has 0 radical (unpaired) electrons. The van der Waals surface area contributed by atoms with Gasteiger partial charge in [-0.2, -0.15) is 0 Å². The summed E-state index contributed by atoms with van der Waals surface area (Å²) in [6.45, 7) is 1.82. The highest BCUT2D eigenvalue weighted by atomic mass is 79.9. The molecule has 1 unspecified atom stereocenters. The molecule has 2 rings (SSSR count). The summed E-state index contributed by atoms with van der Waals surface area (Å²) in [5.74, 6) is 0.703. The largest absolute Gasteiger partial charge is 0.497 e. The summed E-state index contributed by atoms with van der Waals surface area (Å²) in [6.07, 6.45) is 0. The van der Waals surface area contributed by atoms with Gasteiger partial charge in [0, 0.05) is 10.5 Å². The first-order valence-corrected chi connectivity index (χ1v) is 9.22. The molecule has 1 atom stereocenters. The summed E-state index contributed by atoms with van der Waals surface area (Å²) >= 11 is 3.33. The van der Waals surface area contributed by atoms with E-state index in [1.54, 1.807) is 19.2 Å². The third kappa shape index (κ3) is 4.83. The summed E-state index contributed by atoms with van der Waals surface area (Å²) in [7, 11) is -1.81. The van der Waals surface area contributed by atoms with Gasteiger partial charge in [0.2, 0.25) is 10.0 Å². The third-order valence-corrected chi connectivity index (χ3v) is 5.20. The standard InChI is InChI=1S/C16H18BrNO3S/c1-12(14-5-9-16(21-2)10-6-14)18-22(19,20)11-13-3-7-15(17)8-4-13/h3-10,12,18H,11H2,1-2H3.